The lowest BCUT2D eigenvalue weighted by Gasteiger charge is -2.27. The highest BCUT2D eigenvalue weighted by Crippen LogP contribution is 2.05. The molecule has 8 heteroatoms. The smallest absolute Gasteiger partial charge is 0.221 e. The summed E-state index contributed by atoms with van der Waals surface area (Å²) in [6.45, 7) is 0.371. The highest BCUT2D eigenvalue weighted by molar-refractivity contribution is 7.80. The summed E-state index contributed by atoms with van der Waals surface area (Å²) in [6, 6.07) is -1.02. The van der Waals surface area contributed by atoms with Crippen molar-refractivity contribution >= 4 is 18.5 Å². The summed E-state index contributed by atoms with van der Waals surface area (Å²) in [5, 5.41) is 39.2. The lowest BCUT2D eigenvalue weighted by atomic mass is 10.2. The number of aliphatic hydroxyl groups is 4. The van der Waals surface area contributed by atoms with E-state index in [1.807, 2.05) is 0 Å². The van der Waals surface area contributed by atoms with Crippen molar-refractivity contribution in [3.05, 3.63) is 0 Å². The first-order valence-corrected chi connectivity index (χ1v) is 6.23. The predicted octanol–water partition coefficient (Wildman–Crippen LogP) is -2.14. The lowest BCUT2D eigenvalue weighted by Crippen LogP contribution is -2.49. The Kier molecular flexibility index (Phi) is 9.34. The fraction of sp³-hybridized carbons (Fsp3) is 0.900. The van der Waals surface area contributed by atoms with Gasteiger partial charge in [0.25, 0.3) is 0 Å². The van der Waals surface area contributed by atoms with Gasteiger partial charge in [0.1, 0.15) is 12.1 Å². The number of carbonyl (C=O) groups excluding carboxylic acids is 1. The van der Waals surface area contributed by atoms with E-state index in [1.165, 1.54) is 6.92 Å². The van der Waals surface area contributed by atoms with Crippen LogP contribution >= 0.6 is 12.6 Å². The molecule has 0 saturated carbocycles. The summed E-state index contributed by atoms with van der Waals surface area (Å²) in [7, 11) is 0. The van der Waals surface area contributed by atoms with Crippen LogP contribution in [0.5, 0.6) is 0 Å². The molecule has 0 radical (unpaired) electrons. The summed E-state index contributed by atoms with van der Waals surface area (Å²) >= 11 is 3.88. The van der Waals surface area contributed by atoms with Gasteiger partial charge in [0.2, 0.25) is 5.91 Å². The third-order valence-electron chi connectivity index (χ3n) is 2.26. The van der Waals surface area contributed by atoms with Gasteiger partial charge in [-0.25, -0.2) is 0 Å². The third-order valence-corrected chi connectivity index (χ3v) is 2.48. The Balaban J connectivity index is 4.33. The Labute approximate surface area is 111 Å². The van der Waals surface area contributed by atoms with E-state index in [9.17, 15) is 15.0 Å². The summed E-state index contributed by atoms with van der Waals surface area (Å²) in [5.41, 5.74) is 0. The Hall–Kier alpha value is -0.380. The topological polar surface area (TPSA) is 119 Å². The van der Waals surface area contributed by atoms with Crippen molar-refractivity contribution in [1.29, 1.82) is 0 Å². The average molecular weight is 283 g/mol. The Morgan fingerprint density at radius 1 is 1.33 bits per heavy atom. The maximum Gasteiger partial charge on any atom is 0.221 e. The second-order valence-corrected chi connectivity index (χ2v) is 4.27. The van der Waals surface area contributed by atoms with E-state index < -0.39 is 37.8 Å². The molecule has 0 aromatic carbocycles. The van der Waals surface area contributed by atoms with Crippen molar-refractivity contribution in [2.24, 2.45) is 0 Å². The third kappa shape index (κ3) is 6.53. The number of amides is 1. The van der Waals surface area contributed by atoms with Crippen LogP contribution in [0.3, 0.4) is 0 Å². The van der Waals surface area contributed by atoms with Crippen molar-refractivity contribution in [1.82, 2.24) is 5.32 Å². The van der Waals surface area contributed by atoms with Crippen LogP contribution in [0.15, 0.2) is 0 Å². The summed E-state index contributed by atoms with van der Waals surface area (Å²) in [4.78, 5) is 11.3. The molecule has 7 nitrogen and oxygen atoms in total. The SMILES string of the molecule is C[C@H](O)C(CO)OC(O)[C@@H](CO)NC(=O)CCS. The van der Waals surface area contributed by atoms with E-state index in [2.05, 4.69) is 17.9 Å². The van der Waals surface area contributed by atoms with Crippen LogP contribution in [0.4, 0.5) is 0 Å². The van der Waals surface area contributed by atoms with Gasteiger partial charge in [-0.05, 0) is 12.7 Å². The quantitative estimate of drug-likeness (QED) is 0.212. The molecule has 0 aromatic rings. The monoisotopic (exact) mass is 283 g/mol. The van der Waals surface area contributed by atoms with Crippen molar-refractivity contribution in [2.75, 3.05) is 19.0 Å². The van der Waals surface area contributed by atoms with Gasteiger partial charge in [-0.1, -0.05) is 0 Å². The highest BCUT2D eigenvalue weighted by atomic mass is 32.1. The van der Waals surface area contributed by atoms with Crippen molar-refractivity contribution in [3.63, 3.8) is 0 Å². The fourth-order valence-electron chi connectivity index (χ4n) is 1.17. The van der Waals surface area contributed by atoms with E-state index in [4.69, 9.17) is 14.9 Å². The van der Waals surface area contributed by atoms with Gasteiger partial charge in [-0.3, -0.25) is 4.79 Å². The Morgan fingerprint density at radius 2 is 1.94 bits per heavy atom. The minimum Gasteiger partial charge on any atom is -0.394 e. The molecule has 0 bridgehead atoms. The Morgan fingerprint density at radius 3 is 2.33 bits per heavy atom. The zero-order chi connectivity index (χ0) is 14.1. The number of rotatable bonds is 9. The molecule has 0 spiro atoms. The number of ether oxygens (including phenoxy) is 1. The average Bonchev–Trinajstić information content (AvgIpc) is 2.32. The van der Waals surface area contributed by atoms with Crippen LogP contribution in [-0.4, -0.2) is 69.8 Å². The standard InChI is InChI=1S/C10H21NO6S/c1-6(14)8(5-13)17-10(16)7(4-12)11-9(15)2-3-18/h6-8,10,12-14,16,18H,2-5H2,1H3,(H,11,15)/t6-,7+,8?,10?/m0/s1. The van der Waals surface area contributed by atoms with Crippen molar-refractivity contribution in [2.45, 2.75) is 37.9 Å². The van der Waals surface area contributed by atoms with Crippen LogP contribution in [0.2, 0.25) is 0 Å². The van der Waals surface area contributed by atoms with E-state index in [-0.39, 0.29) is 12.3 Å². The van der Waals surface area contributed by atoms with Crippen LogP contribution < -0.4 is 5.32 Å². The molecule has 0 fully saturated rings. The zero-order valence-corrected chi connectivity index (χ0v) is 11.1. The molecule has 108 valence electrons. The number of nitrogens with one attached hydrogen (secondary N) is 1. The van der Waals surface area contributed by atoms with Crippen molar-refractivity contribution in [3.8, 4) is 0 Å². The van der Waals surface area contributed by atoms with E-state index in [1.54, 1.807) is 0 Å². The molecule has 0 saturated heterocycles. The normalized spacial score (nSPS) is 17.9. The van der Waals surface area contributed by atoms with Gasteiger partial charge >= 0.3 is 0 Å². The molecule has 18 heavy (non-hydrogen) atoms. The summed E-state index contributed by atoms with van der Waals surface area (Å²) < 4.78 is 4.95. The number of hydrogen-bond acceptors (Lipinski definition) is 7. The molecule has 0 rings (SSSR count). The largest absolute Gasteiger partial charge is 0.394 e. The van der Waals surface area contributed by atoms with Crippen LogP contribution in [0, 0.1) is 0 Å². The second-order valence-electron chi connectivity index (χ2n) is 3.82. The van der Waals surface area contributed by atoms with Gasteiger partial charge in [0, 0.05) is 6.42 Å². The van der Waals surface area contributed by atoms with Crippen LogP contribution in [0.1, 0.15) is 13.3 Å². The molecule has 5 N–H and O–H groups in total. The van der Waals surface area contributed by atoms with E-state index >= 15 is 0 Å². The number of aliphatic hydroxyl groups excluding tert-OH is 4. The first kappa shape index (κ1) is 17.6. The number of hydrogen-bond donors (Lipinski definition) is 6. The molecular formula is C10H21NO6S. The van der Waals surface area contributed by atoms with E-state index in [0.717, 1.165) is 0 Å². The highest BCUT2D eigenvalue weighted by Gasteiger charge is 2.26. The second kappa shape index (κ2) is 9.54. The molecule has 0 heterocycles. The fourth-order valence-corrected chi connectivity index (χ4v) is 1.37. The van der Waals surface area contributed by atoms with Crippen LogP contribution in [0.25, 0.3) is 0 Å². The Bertz CT molecular complexity index is 240. The first-order valence-electron chi connectivity index (χ1n) is 5.59. The number of thiol groups is 1. The number of carbonyl (C=O) groups is 1. The summed E-state index contributed by atoms with van der Waals surface area (Å²) in [6.07, 6.45) is -3.36. The van der Waals surface area contributed by atoms with Gasteiger partial charge in [-0.2, -0.15) is 12.6 Å². The maximum atomic E-state index is 11.3. The molecule has 4 atom stereocenters. The van der Waals surface area contributed by atoms with Gasteiger partial charge in [-0.15, -0.1) is 0 Å². The van der Waals surface area contributed by atoms with E-state index in [0.29, 0.717) is 5.75 Å². The molecule has 0 aliphatic carbocycles. The molecule has 0 aliphatic rings. The summed E-state index contributed by atoms with van der Waals surface area (Å²) in [5.74, 6) is -0.0438. The van der Waals surface area contributed by atoms with Gasteiger partial charge < -0.3 is 30.5 Å². The van der Waals surface area contributed by atoms with Gasteiger partial charge in [0.05, 0.1) is 19.3 Å². The minimum atomic E-state index is -1.52. The van der Waals surface area contributed by atoms with Crippen LogP contribution in [-0.2, 0) is 9.53 Å². The lowest BCUT2D eigenvalue weighted by molar-refractivity contribution is -0.190. The van der Waals surface area contributed by atoms with Gasteiger partial charge in [0.15, 0.2) is 6.29 Å². The molecule has 1 amide bonds. The maximum absolute atomic E-state index is 11.3. The zero-order valence-electron chi connectivity index (χ0n) is 10.2. The molecule has 0 aliphatic heterocycles. The predicted molar refractivity (Wildman–Crippen MR) is 67.1 cm³/mol. The first-order chi connectivity index (χ1) is 8.46. The van der Waals surface area contributed by atoms with Crippen molar-refractivity contribution < 1.29 is 30.0 Å². The molecular weight excluding hydrogens is 262 g/mol. The minimum absolute atomic E-state index is 0.145. The molecule has 2 unspecified atom stereocenters. The molecule has 0 aromatic heterocycles.